The van der Waals surface area contributed by atoms with E-state index in [9.17, 15) is 19.2 Å². The van der Waals surface area contributed by atoms with Crippen molar-refractivity contribution in [1.82, 2.24) is 0 Å². The minimum absolute atomic E-state index is 0.0612. The molecule has 4 rings (SSSR count). The van der Waals surface area contributed by atoms with E-state index in [0.29, 0.717) is 18.5 Å². The SMILES string of the molecule is CCOC(=O)c1sc(-c2ccc(Br)cc2)cc1NC(=O)COC(=O)C1C[C@H]2CCC[C@H](C1)C2=O. The van der Waals surface area contributed by atoms with Gasteiger partial charge in [-0.05, 0) is 56.4 Å². The molecule has 2 aromatic rings. The smallest absolute Gasteiger partial charge is 0.350 e. The van der Waals surface area contributed by atoms with Gasteiger partial charge in [-0.15, -0.1) is 11.3 Å². The lowest BCUT2D eigenvalue weighted by Crippen LogP contribution is -2.40. The fourth-order valence-corrected chi connectivity index (χ4v) is 5.98. The number of nitrogens with one attached hydrogen (secondary N) is 1. The highest BCUT2D eigenvalue weighted by molar-refractivity contribution is 9.10. The zero-order chi connectivity index (χ0) is 24.2. The van der Waals surface area contributed by atoms with E-state index in [1.165, 1.54) is 11.3 Å². The van der Waals surface area contributed by atoms with Crippen molar-refractivity contribution in [2.24, 2.45) is 17.8 Å². The van der Waals surface area contributed by atoms with Gasteiger partial charge in [0.1, 0.15) is 10.7 Å². The van der Waals surface area contributed by atoms with Crippen LogP contribution in [0, 0.1) is 17.8 Å². The van der Waals surface area contributed by atoms with Crippen molar-refractivity contribution < 1.29 is 28.7 Å². The Morgan fingerprint density at radius 3 is 2.41 bits per heavy atom. The van der Waals surface area contributed by atoms with E-state index in [1.807, 2.05) is 24.3 Å². The lowest BCUT2D eigenvalue weighted by atomic mass is 9.67. The van der Waals surface area contributed by atoms with Gasteiger partial charge in [0.2, 0.25) is 0 Å². The fourth-order valence-electron chi connectivity index (χ4n) is 4.70. The van der Waals surface area contributed by atoms with Gasteiger partial charge in [0.05, 0.1) is 18.2 Å². The van der Waals surface area contributed by atoms with E-state index in [-0.39, 0.29) is 35.0 Å². The van der Waals surface area contributed by atoms with Crippen molar-refractivity contribution in [3.63, 3.8) is 0 Å². The van der Waals surface area contributed by atoms with Gasteiger partial charge in [0.15, 0.2) is 6.61 Å². The number of benzene rings is 1. The van der Waals surface area contributed by atoms with Gasteiger partial charge in [0.25, 0.3) is 5.91 Å². The van der Waals surface area contributed by atoms with Gasteiger partial charge >= 0.3 is 11.9 Å². The molecule has 1 heterocycles. The van der Waals surface area contributed by atoms with Crippen LogP contribution in [0.1, 0.15) is 48.7 Å². The lowest BCUT2D eigenvalue weighted by Gasteiger charge is -2.36. The molecule has 0 unspecified atom stereocenters. The predicted octanol–water partition coefficient (Wildman–Crippen LogP) is 5.23. The Labute approximate surface area is 210 Å². The van der Waals surface area contributed by atoms with Gasteiger partial charge in [-0.2, -0.15) is 0 Å². The first-order chi connectivity index (χ1) is 16.4. The quantitative estimate of drug-likeness (QED) is 0.476. The molecule has 0 spiro atoms. The standard InChI is InChI=1S/C25H26BrNO6S/c1-2-32-25(31)23-19(12-20(34-23)14-6-8-18(26)9-7-14)27-21(28)13-33-24(30)17-10-15-4-3-5-16(11-17)22(15)29/h6-9,12,15-17H,2-5,10-11,13H2,1H3,(H,27,28)/t15-,16-/m1/s1. The maximum Gasteiger partial charge on any atom is 0.350 e. The average molecular weight is 548 g/mol. The molecule has 2 fully saturated rings. The third-order valence-electron chi connectivity index (χ3n) is 6.32. The van der Waals surface area contributed by atoms with Crippen LogP contribution in [0.3, 0.4) is 0 Å². The number of amides is 1. The summed E-state index contributed by atoms with van der Waals surface area (Å²) < 4.78 is 11.4. The fraction of sp³-hybridized carbons (Fsp3) is 0.440. The van der Waals surface area contributed by atoms with E-state index in [1.54, 1.807) is 13.0 Å². The van der Waals surface area contributed by atoms with Gasteiger partial charge in [-0.3, -0.25) is 14.4 Å². The maximum absolute atomic E-state index is 12.6. The summed E-state index contributed by atoms with van der Waals surface area (Å²) in [5.74, 6) is -1.69. The first-order valence-electron chi connectivity index (χ1n) is 11.4. The molecule has 2 bridgehead atoms. The van der Waals surface area contributed by atoms with Crippen molar-refractivity contribution >= 4 is 56.6 Å². The number of carbonyl (C=O) groups is 4. The van der Waals surface area contributed by atoms with Crippen LogP contribution in [0.5, 0.6) is 0 Å². The number of halogens is 1. The number of thiophene rings is 1. The van der Waals surface area contributed by atoms with Crippen LogP contribution in [-0.4, -0.2) is 36.8 Å². The molecule has 2 aliphatic carbocycles. The number of ether oxygens (including phenoxy) is 2. The highest BCUT2D eigenvalue weighted by Crippen LogP contribution is 2.40. The summed E-state index contributed by atoms with van der Waals surface area (Å²) in [4.78, 5) is 50.9. The molecule has 1 N–H and O–H groups in total. The Balaban J connectivity index is 1.40. The molecule has 2 saturated carbocycles. The molecule has 180 valence electrons. The number of carbonyl (C=O) groups excluding carboxylic acids is 4. The second-order valence-corrected chi connectivity index (χ2v) is 10.6. The van der Waals surface area contributed by atoms with Gasteiger partial charge < -0.3 is 14.8 Å². The first kappa shape index (κ1) is 24.6. The summed E-state index contributed by atoms with van der Waals surface area (Å²) in [5.41, 5.74) is 1.21. The number of anilines is 1. The molecule has 7 nitrogen and oxygen atoms in total. The lowest BCUT2D eigenvalue weighted by molar-refractivity contribution is -0.155. The van der Waals surface area contributed by atoms with Crippen molar-refractivity contribution in [3.05, 3.63) is 39.7 Å². The molecule has 9 heteroatoms. The second kappa shape index (κ2) is 10.8. The van der Waals surface area contributed by atoms with Crippen molar-refractivity contribution in [3.8, 4) is 10.4 Å². The van der Waals surface area contributed by atoms with Gasteiger partial charge in [-0.25, -0.2) is 4.79 Å². The molecule has 0 saturated heterocycles. The molecule has 2 aliphatic rings. The Kier molecular flexibility index (Phi) is 7.83. The minimum atomic E-state index is -0.536. The number of fused-ring (bicyclic) bond motifs is 2. The van der Waals surface area contributed by atoms with Crippen LogP contribution in [-0.2, 0) is 23.9 Å². The van der Waals surface area contributed by atoms with E-state index < -0.39 is 24.5 Å². The topological polar surface area (TPSA) is 98.8 Å². The van der Waals surface area contributed by atoms with Crippen molar-refractivity contribution in [1.29, 1.82) is 0 Å². The summed E-state index contributed by atoms with van der Waals surface area (Å²) in [6.07, 6.45) is 3.69. The number of hydrogen-bond donors (Lipinski definition) is 1. The second-order valence-electron chi connectivity index (χ2n) is 8.63. The van der Waals surface area contributed by atoms with Crippen LogP contribution >= 0.6 is 27.3 Å². The monoisotopic (exact) mass is 547 g/mol. The highest BCUT2D eigenvalue weighted by atomic mass is 79.9. The Hall–Kier alpha value is -2.52. The summed E-state index contributed by atoms with van der Waals surface area (Å²) in [6, 6.07) is 9.31. The van der Waals surface area contributed by atoms with E-state index in [0.717, 1.165) is 34.2 Å². The van der Waals surface area contributed by atoms with Crippen LogP contribution in [0.2, 0.25) is 0 Å². The Bertz CT molecular complexity index is 1080. The van der Waals surface area contributed by atoms with E-state index >= 15 is 0 Å². The molecule has 1 aromatic heterocycles. The molecule has 0 aliphatic heterocycles. The summed E-state index contributed by atoms with van der Waals surface area (Å²) in [7, 11) is 0. The number of hydrogen-bond acceptors (Lipinski definition) is 7. The number of rotatable bonds is 7. The molecular formula is C25H26BrNO6S. The molecule has 2 atom stereocenters. The van der Waals surface area contributed by atoms with Gasteiger partial charge in [0, 0.05) is 21.2 Å². The normalized spacial score (nSPS) is 21.6. The number of Topliss-reactive ketones (excluding diaryl/α,β-unsaturated/α-hetero) is 1. The predicted molar refractivity (Wildman–Crippen MR) is 132 cm³/mol. The molecule has 1 amide bonds. The van der Waals surface area contributed by atoms with Crippen LogP contribution in [0.4, 0.5) is 5.69 Å². The third-order valence-corrected chi connectivity index (χ3v) is 8.02. The zero-order valence-electron chi connectivity index (χ0n) is 18.8. The van der Waals surface area contributed by atoms with Crippen LogP contribution in [0.15, 0.2) is 34.8 Å². The van der Waals surface area contributed by atoms with Gasteiger partial charge in [-0.1, -0.05) is 34.5 Å². The first-order valence-corrected chi connectivity index (χ1v) is 13.0. The molecular weight excluding hydrogens is 522 g/mol. The third kappa shape index (κ3) is 5.58. The Morgan fingerprint density at radius 2 is 1.76 bits per heavy atom. The molecule has 34 heavy (non-hydrogen) atoms. The highest BCUT2D eigenvalue weighted by Gasteiger charge is 2.41. The van der Waals surface area contributed by atoms with E-state index in [2.05, 4.69) is 21.2 Å². The van der Waals surface area contributed by atoms with Crippen LogP contribution in [0.25, 0.3) is 10.4 Å². The van der Waals surface area contributed by atoms with E-state index in [4.69, 9.17) is 9.47 Å². The summed E-state index contributed by atoms with van der Waals surface area (Å²) in [6.45, 7) is 1.47. The average Bonchev–Trinajstić information content (AvgIpc) is 3.21. The van der Waals surface area contributed by atoms with Crippen molar-refractivity contribution in [2.45, 2.75) is 39.0 Å². The van der Waals surface area contributed by atoms with Crippen molar-refractivity contribution in [2.75, 3.05) is 18.5 Å². The molecule has 0 radical (unpaired) electrons. The number of esters is 2. The van der Waals surface area contributed by atoms with Crippen LogP contribution < -0.4 is 5.32 Å². The maximum atomic E-state index is 12.6. The Morgan fingerprint density at radius 1 is 1.09 bits per heavy atom. The molecule has 1 aromatic carbocycles. The summed E-state index contributed by atoms with van der Waals surface area (Å²) >= 11 is 4.62. The largest absolute Gasteiger partial charge is 0.462 e. The number of ketones is 1. The minimum Gasteiger partial charge on any atom is -0.462 e. The zero-order valence-corrected chi connectivity index (χ0v) is 21.2. The summed E-state index contributed by atoms with van der Waals surface area (Å²) in [5, 5.41) is 2.69.